The predicted octanol–water partition coefficient (Wildman–Crippen LogP) is -0.417. The van der Waals surface area contributed by atoms with Gasteiger partial charge >= 0.3 is 0 Å². The Morgan fingerprint density at radius 3 is 2.86 bits per heavy atom. The highest BCUT2D eigenvalue weighted by molar-refractivity contribution is 7.89. The van der Waals surface area contributed by atoms with E-state index in [1.165, 1.54) is 23.9 Å². The van der Waals surface area contributed by atoms with Crippen LogP contribution in [0.25, 0.3) is 0 Å². The lowest BCUT2D eigenvalue weighted by Crippen LogP contribution is -2.29. The maximum atomic E-state index is 12.3. The molecular weight excluding hydrogens is 292 g/mol. The van der Waals surface area contributed by atoms with Crippen LogP contribution in [0, 0.1) is 0 Å². The van der Waals surface area contributed by atoms with Gasteiger partial charge < -0.3 is 15.2 Å². The van der Waals surface area contributed by atoms with Crippen molar-refractivity contribution in [3.8, 4) is 0 Å². The average Bonchev–Trinajstić information content (AvgIpc) is 2.88. The van der Waals surface area contributed by atoms with Gasteiger partial charge in [-0.15, -0.1) is 0 Å². The van der Waals surface area contributed by atoms with E-state index in [0.29, 0.717) is 12.2 Å². The molecule has 0 saturated carbocycles. The molecule has 0 aromatic carbocycles. The topological polar surface area (TPSA) is 92.2 Å². The quantitative estimate of drug-likeness (QED) is 0.644. The van der Waals surface area contributed by atoms with E-state index in [-0.39, 0.29) is 10.8 Å². The third-order valence-corrected chi connectivity index (χ3v) is 4.77. The van der Waals surface area contributed by atoms with Crippen LogP contribution >= 0.6 is 0 Å². The number of hydrogen-bond acceptors (Lipinski definition) is 4. The van der Waals surface area contributed by atoms with Gasteiger partial charge in [0, 0.05) is 33.4 Å². The molecule has 0 atom stereocenters. The molecule has 21 heavy (non-hydrogen) atoms. The van der Waals surface area contributed by atoms with Crippen LogP contribution in [0.4, 0.5) is 0 Å². The predicted molar refractivity (Wildman–Crippen MR) is 79.6 cm³/mol. The number of amides is 1. The Kier molecular flexibility index (Phi) is 4.81. The van der Waals surface area contributed by atoms with E-state index >= 15 is 0 Å². The maximum absolute atomic E-state index is 12.3. The summed E-state index contributed by atoms with van der Waals surface area (Å²) in [5, 5.41) is 5.65. The minimum absolute atomic E-state index is 0.0955. The van der Waals surface area contributed by atoms with Crippen molar-refractivity contribution >= 4 is 15.9 Å². The molecule has 0 fully saturated rings. The molecule has 8 heteroatoms. The zero-order valence-corrected chi connectivity index (χ0v) is 13.0. The minimum Gasteiger partial charge on any atom is -0.354 e. The van der Waals surface area contributed by atoms with E-state index in [0.717, 1.165) is 25.1 Å². The first-order valence-electron chi connectivity index (χ1n) is 6.71. The Morgan fingerprint density at radius 1 is 1.48 bits per heavy atom. The van der Waals surface area contributed by atoms with Crippen LogP contribution in [0.2, 0.25) is 0 Å². The Bertz CT molecular complexity index is 661. The maximum Gasteiger partial charge on any atom is 0.267 e. The van der Waals surface area contributed by atoms with Gasteiger partial charge in [0.05, 0.1) is 0 Å². The Balaban J connectivity index is 2.12. The van der Waals surface area contributed by atoms with E-state index in [1.807, 2.05) is 6.08 Å². The molecule has 7 nitrogen and oxygen atoms in total. The van der Waals surface area contributed by atoms with Crippen LogP contribution in [-0.2, 0) is 17.1 Å². The lowest BCUT2D eigenvalue weighted by atomic mass is 10.1. The van der Waals surface area contributed by atoms with Crippen molar-refractivity contribution in [2.24, 2.45) is 7.05 Å². The monoisotopic (exact) mass is 312 g/mol. The number of carbonyl (C=O) groups excluding carboxylic acids is 1. The third-order valence-electron chi connectivity index (χ3n) is 3.40. The fraction of sp³-hybridized carbons (Fsp3) is 0.462. The lowest BCUT2D eigenvalue weighted by Gasteiger charge is -2.14. The second kappa shape index (κ2) is 6.42. The molecule has 0 saturated heterocycles. The number of carbonyl (C=O) groups is 1. The van der Waals surface area contributed by atoms with E-state index in [9.17, 15) is 13.2 Å². The lowest BCUT2D eigenvalue weighted by molar-refractivity contribution is 0.0955. The molecule has 0 unspecified atom stereocenters. The summed E-state index contributed by atoms with van der Waals surface area (Å²) in [4.78, 5) is 11.7. The summed E-state index contributed by atoms with van der Waals surface area (Å²) in [6.07, 6.45) is 4.26. The molecule has 1 amide bonds. The van der Waals surface area contributed by atoms with Gasteiger partial charge in [0.25, 0.3) is 5.91 Å². The number of rotatable bonds is 5. The van der Waals surface area contributed by atoms with E-state index in [4.69, 9.17) is 0 Å². The van der Waals surface area contributed by atoms with Crippen molar-refractivity contribution in [2.75, 3.05) is 26.7 Å². The van der Waals surface area contributed by atoms with Crippen molar-refractivity contribution in [2.45, 2.75) is 11.3 Å². The molecule has 2 rings (SSSR count). The minimum atomic E-state index is -3.62. The van der Waals surface area contributed by atoms with Gasteiger partial charge in [0.2, 0.25) is 10.0 Å². The van der Waals surface area contributed by atoms with Gasteiger partial charge in [0.1, 0.15) is 10.6 Å². The van der Waals surface area contributed by atoms with Gasteiger partial charge in [-0.3, -0.25) is 4.79 Å². The SMILES string of the molecule is CNC(=O)c1cc(S(=O)(=O)NCC2=CCNCC2)cn1C. The van der Waals surface area contributed by atoms with E-state index in [1.54, 1.807) is 7.05 Å². The molecular formula is C13H20N4O3S. The van der Waals surface area contributed by atoms with Crippen LogP contribution < -0.4 is 15.4 Å². The molecule has 0 radical (unpaired) electrons. The van der Waals surface area contributed by atoms with Crippen LogP contribution in [-0.4, -0.2) is 45.6 Å². The smallest absolute Gasteiger partial charge is 0.267 e. The second-order valence-electron chi connectivity index (χ2n) is 4.89. The van der Waals surface area contributed by atoms with Crippen molar-refractivity contribution in [3.05, 3.63) is 29.6 Å². The van der Waals surface area contributed by atoms with Crippen molar-refractivity contribution in [3.63, 3.8) is 0 Å². The van der Waals surface area contributed by atoms with Gasteiger partial charge in [-0.25, -0.2) is 13.1 Å². The van der Waals surface area contributed by atoms with Crippen LogP contribution in [0.1, 0.15) is 16.9 Å². The summed E-state index contributed by atoms with van der Waals surface area (Å²) in [6, 6.07) is 1.37. The summed E-state index contributed by atoms with van der Waals surface area (Å²) in [7, 11) is -0.472. The highest BCUT2D eigenvalue weighted by Crippen LogP contribution is 2.14. The third kappa shape index (κ3) is 3.72. The number of sulfonamides is 1. The Morgan fingerprint density at radius 2 is 2.24 bits per heavy atom. The molecule has 1 aliphatic heterocycles. The summed E-state index contributed by atoms with van der Waals surface area (Å²) < 4.78 is 28.6. The highest BCUT2D eigenvalue weighted by Gasteiger charge is 2.20. The molecule has 2 heterocycles. The van der Waals surface area contributed by atoms with Gasteiger partial charge in [-0.05, 0) is 19.0 Å². The Labute approximate surface area is 124 Å². The summed E-state index contributed by atoms with van der Waals surface area (Å²) >= 11 is 0. The fourth-order valence-corrected chi connectivity index (χ4v) is 3.24. The number of aromatic nitrogens is 1. The zero-order chi connectivity index (χ0) is 15.5. The summed E-state index contributed by atoms with van der Waals surface area (Å²) in [5.74, 6) is -0.319. The van der Waals surface area contributed by atoms with Crippen molar-refractivity contribution in [1.29, 1.82) is 0 Å². The van der Waals surface area contributed by atoms with E-state index < -0.39 is 10.0 Å². The van der Waals surface area contributed by atoms with Crippen molar-refractivity contribution < 1.29 is 13.2 Å². The molecule has 3 N–H and O–H groups in total. The molecule has 0 aliphatic carbocycles. The zero-order valence-electron chi connectivity index (χ0n) is 12.1. The molecule has 0 spiro atoms. The molecule has 0 bridgehead atoms. The molecule has 1 aliphatic rings. The van der Waals surface area contributed by atoms with Gasteiger partial charge in [-0.2, -0.15) is 0 Å². The first-order chi connectivity index (χ1) is 9.94. The summed E-state index contributed by atoms with van der Waals surface area (Å²) in [5.41, 5.74) is 1.37. The highest BCUT2D eigenvalue weighted by atomic mass is 32.2. The van der Waals surface area contributed by atoms with E-state index in [2.05, 4.69) is 15.4 Å². The number of nitrogens with one attached hydrogen (secondary N) is 3. The number of nitrogens with zero attached hydrogens (tertiary/aromatic N) is 1. The fourth-order valence-electron chi connectivity index (χ4n) is 2.14. The molecule has 1 aromatic heterocycles. The van der Waals surface area contributed by atoms with Crippen LogP contribution in [0.5, 0.6) is 0 Å². The normalized spacial score (nSPS) is 15.6. The standard InChI is InChI=1S/C13H20N4O3S/c1-14-13(18)12-7-11(9-17(12)2)21(19,20)16-8-10-3-5-15-6-4-10/h3,7,9,15-16H,4-6,8H2,1-2H3,(H,14,18). The van der Waals surface area contributed by atoms with Crippen molar-refractivity contribution in [1.82, 2.24) is 19.9 Å². The average molecular weight is 312 g/mol. The second-order valence-corrected chi connectivity index (χ2v) is 6.66. The van der Waals surface area contributed by atoms with Gasteiger partial charge in [0.15, 0.2) is 0 Å². The number of hydrogen-bond donors (Lipinski definition) is 3. The molecule has 1 aromatic rings. The van der Waals surface area contributed by atoms with Gasteiger partial charge in [-0.1, -0.05) is 11.6 Å². The largest absolute Gasteiger partial charge is 0.354 e. The number of aryl methyl sites for hydroxylation is 1. The molecule has 116 valence electrons. The Hall–Kier alpha value is -1.64. The first-order valence-corrected chi connectivity index (χ1v) is 8.19. The van der Waals surface area contributed by atoms with Crippen LogP contribution in [0.15, 0.2) is 28.8 Å². The summed E-state index contributed by atoms with van der Waals surface area (Å²) in [6.45, 7) is 1.93. The van der Waals surface area contributed by atoms with Crippen LogP contribution in [0.3, 0.4) is 0 Å². The first kappa shape index (κ1) is 15.7.